The highest BCUT2D eigenvalue weighted by Gasteiger charge is 2.08. The van der Waals surface area contributed by atoms with Crippen LogP contribution in [0.2, 0.25) is 5.02 Å². The van der Waals surface area contributed by atoms with E-state index in [1.165, 1.54) is 0 Å². The van der Waals surface area contributed by atoms with E-state index < -0.39 is 0 Å². The van der Waals surface area contributed by atoms with Crippen LogP contribution in [-0.2, 0) is 4.79 Å². The number of carbonyl (C=O) groups is 1. The molecule has 0 unspecified atom stereocenters. The van der Waals surface area contributed by atoms with Gasteiger partial charge >= 0.3 is 0 Å². The van der Waals surface area contributed by atoms with Crippen molar-refractivity contribution in [1.82, 2.24) is 5.32 Å². The molecule has 1 amide bonds. The minimum atomic E-state index is 0.00905. The van der Waals surface area contributed by atoms with E-state index >= 15 is 0 Å². The second-order valence-corrected chi connectivity index (χ2v) is 5.32. The largest absolute Gasteiger partial charge is 0.376 e. The summed E-state index contributed by atoms with van der Waals surface area (Å²) in [7, 11) is 0. The minimum Gasteiger partial charge on any atom is -0.376 e. The number of hydrogen-bond donors (Lipinski definition) is 2. The van der Waals surface area contributed by atoms with Gasteiger partial charge in [-0.3, -0.25) is 4.79 Å². The third-order valence-corrected chi connectivity index (χ3v) is 3.94. The van der Waals surface area contributed by atoms with Crippen LogP contribution in [0.15, 0.2) is 22.7 Å². The van der Waals surface area contributed by atoms with Crippen molar-refractivity contribution in [2.24, 2.45) is 0 Å². The van der Waals surface area contributed by atoms with Gasteiger partial charge in [0.15, 0.2) is 0 Å². The van der Waals surface area contributed by atoms with Crippen LogP contribution < -0.4 is 10.6 Å². The van der Waals surface area contributed by atoms with Crippen molar-refractivity contribution in [3.63, 3.8) is 0 Å². The van der Waals surface area contributed by atoms with Crippen molar-refractivity contribution >= 4 is 39.1 Å². The third-order valence-electron chi connectivity index (χ3n) is 2.72. The highest BCUT2D eigenvalue weighted by molar-refractivity contribution is 9.10. The van der Waals surface area contributed by atoms with Crippen LogP contribution >= 0.6 is 27.5 Å². The predicted octanol–water partition coefficient (Wildman–Crippen LogP) is 3.82. The summed E-state index contributed by atoms with van der Waals surface area (Å²) in [6.07, 6.45) is 1.91. The quantitative estimate of drug-likeness (QED) is 0.831. The summed E-state index contributed by atoms with van der Waals surface area (Å²) in [5.41, 5.74) is 0.867. The summed E-state index contributed by atoms with van der Waals surface area (Å²) in [5.74, 6) is 0.00905. The van der Waals surface area contributed by atoms with Gasteiger partial charge in [-0.05, 0) is 47.0 Å². The summed E-state index contributed by atoms with van der Waals surface area (Å²) in [6.45, 7) is 4.40. The van der Waals surface area contributed by atoms with Crippen LogP contribution in [0.1, 0.15) is 26.7 Å². The molecule has 1 aromatic rings. The zero-order valence-corrected chi connectivity index (χ0v) is 12.9. The van der Waals surface area contributed by atoms with Crippen LogP contribution in [0.4, 0.5) is 5.69 Å². The molecular formula is C13H18BrClN2O. The molecule has 0 fully saturated rings. The molecule has 2 N–H and O–H groups in total. The fourth-order valence-electron chi connectivity index (χ4n) is 1.56. The van der Waals surface area contributed by atoms with Crippen LogP contribution in [0, 0.1) is 0 Å². The van der Waals surface area contributed by atoms with Crippen LogP contribution in [0.3, 0.4) is 0 Å². The number of amides is 1. The number of anilines is 1. The van der Waals surface area contributed by atoms with Gasteiger partial charge in [0.1, 0.15) is 0 Å². The summed E-state index contributed by atoms with van der Waals surface area (Å²) in [6, 6.07) is 5.74. The van der Waals surface area contributed by atoms with Gasteiger partial charge in [0.05, 0.1) is 11.6 Å². The molecule has 1 rings (SSSR count). The molecule has 0 saturated carbocycles. The monoisotopic (exact) mass is 332 g/mol. The molecule has 0 radical (unpaired) electrons. The first kappa shape index (κ1) is 15.3. The first-order chi connectivity index (χ1) is 8.56. The van der Waals surface area contributed by atoms with Crippen molar-refractivity contribution in [3.8, 4) is 0 Å². The number of rotatable bonds is 6. The van der Waals surface area contributed by atoms with Gasteiger partial charge in [-0.2, -0.15) is 0 Å². The molecule has 5 heteroatoms. The van der Waals surface area contributed by atoms with Crippen molar-refractivity contribution in [2.75, 3.05) is 11.9 Å². The smallest absolute Gasteiger partial charge is 0.239 e. The standard InChI is InChI=1S/C13H18BrClN2O/c1-3-9(4-2)17-13(18)8-16-10-5-6-12(15)11(14)7-10/h5-7,9,16H,3-4,8H2,1-2H3,(H,17,18). The Morgan fingerprint density at radius 3 is 2.61 bits per heavy atom. The lowest BCUT2D eigenvalue weighted by molar-refractivity contribution is -0.120. The number of benzene rings is 1. The fraction of sp³-hybridized carbons (Fsp3) is 0.462. The Labute approximate surface area is 121 Å². The maximum atomic E-state index is 11.7. The Bertz CT molecular complexity index is 408. The molecule has 0 aliphatic carbocycles. The maximum absolute atomic E-state index is 11.7. The molecular weight excluding hydrogens is 316 g/mol. The Morgan fingerprint density at radius 2 is 2.06 bits per heavy atom. The minimum absolute atomic E-state index is 0.00905. The third kappa shape index (κ3) is 4.86. The molecule has 3 nitrogen and oxygen atoms in total. The van der Waals surface area contributed by atoms with Gasteiger partial charge < -0.3 is 10.6 Å². The lowest BCUT2D eigenvalue weighted by Crippen LogP contribution is -2.37. The molecule has 0 aromatic heterocycles. The van der Waals surface area contributed by atoms with Crippen LogP contribution in [0.5, 0.6) is 0 Å². The van der Waals surface area contributed by atoms with Gasteiger partial charge in [-0.25, -0.2) is 0 Å². The summed E-state index contributed by atoms with van der Waals surface area (Å²) in [5, 5.41) is 6.69. The van der Waals surface area contributed by atoms with Crippen molar-refractivity contribution in [3.05, 3.63) is 27.7 Å². The first-order valence-corrected chi connectivity index (χ1v) is 7.22. The lowest BCUT2D eigenvalue weighted by Gasteiger charge is -2.15. The SMILES string of the molecule is CCC(CC)NC(=O)CNc1ccc(Cl)c(Br)c1. The van der Waals surface area contributed by atoms with Gasteiger partial charge in [0.2, 0.25) is 5.91 Å². The molecule has 0 bridgehead atoms. The predicted molar refractivity (Wildman–Crippen MR) is 80.2 cm³/mol. The highest BCUT2D eigenvalue weighted by atomic mass is 79.9. The summed E-state index contributed by atoms with van der Waals surface area (Å²) >= 11 is 9.24. The van der Waals surface area contributed by atoms with Crippen molar-refractivity contribution in [1.29, 1.82) is 0 Å². The average Bonchev–Trinajstić information content (AvgIpc) is 2.37. The number of hydrogen-bond acceptors (Lipinski definition) is 2. The Morgan fingerprint density at radius 1 is 1.39 bits per heavy atom. The normalized spacial score (nSPS) is 10.5. The van der Waals surface area contributed by atoms with E-state index in [1.807, 2.05) is 12.1 Å². The van der Waals surface area contributed by atoms with Gasteiger partial charge in [0.25, 0.3) is 0 Å². The lowest BCUT2D eigenvalue weighted by atomic mass is 10.2. The molecule has 0 saturated heterocycles. The van der Waals surface area contributed by atoms with Crippen molar-refractivity contribution in [2.45, 2.75) is 32.7 Å². The van der Waals surface area contributed by atoms with Crippen LogP contribution in [0.25, 0.3) is 0 Å². The number of carbonyl (C=O) groups excluding carboxylic acids is 1. The van der Waals surface area contributed by atoms with Crippen molar-refractivity contribution < 1.29 is 4.79 Å². The second kappa shape index (κ2) is 7.64. The second-order valence-electron chi connectivity index (χ2n) is 4.06. The van der Waals surface area contributed by atoms with Gasteiger partial charge in [-0.15, -0.1) is 0 Å². The van der Waals surface area contributed by atoms with E-state index in [9.17, 15) is 4.79 Å². The molecule has 100 valence electrons. The molecule has 0 aliphatic heterocycles. The maximum Gasteiger partial charge on any atom is 0.239 e. The topological polar surface area (TPSA) is 41.1 Å². The first-order valence-electron chi connectivity index (χ1n) is 6.05. The Balaban J connectivity index is 2.44. The average molecular weight is 334 g/mol. The van der Waals surface area contributed by atoms with Gasteiger partial charge in [-0.1, -0.05) is 25.4 Å². The van der Waals surface area contributed by atoms with E-state index in [1.54, 1.807) is 6.07 Å². The molecule has 1 aromatic carbocycles. The van der Waals surface area contributed by atoms with Gasteiger partial charge in [0, 0.05) is 16.2 Å². The molecule has 0 atom stereocenters. The number of nitrogens with one attached hydrogen (secondary N) is 2. The van der Waals surface area contributed by atoms with E-state index in [0.29, 0.717) is 5.02 Å². The molecule has 0 heterocycles. The fourth-order valence-corrected chi connectivity index (χ4v) is 2.06. The Kier molecular flexibility index (Phi) is 6.50. The van der Waals surface area contributed by atoms with E-state index in [-0.39, 0.29) is 18.5 Å². The molecule has 18 heavy (non-hydrogen) atoms. The summed E-state index contributed by atoms with van der Waals surface area (Å²) in [4.78, 5) is 11.7. The number of halogens is 2. The van der Waals surface area contributed by atoms with E-state index in [0.717, 1.165) is 23.0 Å². The van der Waals surface area contributed by atoms with E-state index in [2.05, 4.69) is 40.4 Å². The van der Waals surface area contributed by atoms with E-state index in [4.69, 9.17) is 11.6 Å². The summed E-state index contributed by atoms with van der Waals surface area (Å²) < 4.78 is 0.814. The van der Waals surface area contributed by atoms with Crippen LogP contribution in [-0.4, -0.2) is 18.5 Å². The zero-order valence-electron chi connectivity index (χ0n) is 10.6. The molecule has 0 spiro atoms. The molecule has 0 aliphatic rings. The zero-order chi connectivity index (χ0) is 13.5. The Hall–Kier alpha value is -0.740. The highest BCUT2D eigenvalue weighted by Crippen LogP contribution is 2.25.